The van der Waals surface area contributed by atoms with Gasteiger partial charge in [-0.15, -0.1) is 0 Å². The fourth-order valence-electron chi connectivity index (χ4n) is 4.34. The zero-order chi connectivity index (χ0) is 13.8. The van der Waals surface area contributed by atoms with E-state index >= 15 is 0 Å². The van der Waals surface area contributed by atoms with Crippen molar-refractivity contribution in [3.63, 3.8) is 0 Å². The molecule has 1 fully saturated rings. The Balaban J connectivity index is 2.20. The third-order valence-electron chi connectivity index (χ3n) is 4.26. The molecular weight excluding hydrogens is 222 g/mol. The topological polar surface area (TPSA) is 21.6 Å². The van der Waals surface area contributed by atoms with E-state index in [0.29, 0.717) is 10.8 Å². The maximum atomic E-state index is 5.98. The summed E-state index contributed by atoms with van der Waals surface area (Å²) in [4.78, 5) is 5.98. The van der Waals surface area contributed by atoms with E-state index in [1.165, 1.54) is 12.1 Å². The summed E-state index contributed by atoms with van der Waals surface area (Å²) in [5, 5.41) is 4.43. The number of hydrogen-bond acceptors (Lipinski definition) is 2. The summed E-state index contributed by atoms with van der Waals surface area (Å²) >= 11 is 0. The first-order valence-electron chi connectivity index (χ1n) is 7.19. The average Bonchev–Trinajstić information content (AvgIpc) is 2.40. The Morgan fingerprint density at radius 1 is 0.944 bits per heavy atom. The van der Waals surface area contributed by atoms with Crippen molar-refractivity contribution in [2.45, 2.75) is 79.8 Å². The van der Waals surface area contributed by atoms with Crippen molar-refractivity contribution < 1.29 is 4.84 Å². The molecule has 0 aromatic carbocycles. The summed E-state index contributed by atoms with van der Waals surface area (Å²) in [6.45, 7) is 16.2. The van der Waals surface area contributed by atoms with Crippen LogP contribution in [0.4, 0.5) is 0 Å². The van der Waals surface area contributed by atoms with Gasteiger partial charge in [-0.25, -0.2) is 0 Å². The first-order chi connectivity index (χ1) is 7.93. The number of rotatable bonds is 0. The predicted octanol–water partition coefficient (Wildman–Crippen LogP) is 4.78. The second-order valence-corrected chi connectivity index (χ2v) is 9.10. The lowest BCUT2D eigenvalue weighted by Crippen LogP contribution is -2.46. The molecule has 0 unspecified atom stereocenters. The molecule has 2 rings (SSSR count). The van der Waals surface area contributed by atoms with E-state index in [2.05, 4.69) is 53.6 Å². The summed E-state index contributed by atoms with van der Waals surface area (Å²) in [5.74, 6) is 0. The van der Waals surface area contributed by atoms with Gasteiger partial charge in [-0.3, -0.25) is 0 Å². The van der Waals surface area contributed by atoms with E-state index < -0.39 is 0 Å². The van der Waals surface area contributed by atoms with E-state index in [1.54, 1.807) is 0 Å². The van der Waals surface area contributed by atoms with Crippen molar-refractivity contribution in [1.82, 2.24) is 0 Å². The molecule has 0 atom stereocenters. The monoisotopic (exact) mass is 251 g/mol. The van der Waals surface area contributed by atoms with Gasteiger partial charge in [0.1, 0.15) is 5.60 Å². The molecule has 1 heterocycles. The quantitative estimate of drug-likeness (QED) is 0.607. The van der Waals surface area contributed by atoms with Gasteiger partial charge in [0.25, 0.3) is 0 Å². The number of oxime groups is 1. The normalized spacial score (nSPS) is 28.9. The van der Waals surface area contributed by atoms with Gasteiger partial charge < -0.3 is 4.84 Å². The molecule has 0 amide bonds. The number of nitrogens with zero attached hydrogens (tertiary/aromatic N) is 1. The van der Waals surface area contributed by atoms with Crippen molar-refractivity contribution >= 4 is 5.71 Å². The molecule has 18 heavy (non-hydrogen) atoms. The molecule has 104 valence electrons. The van der Waals surface area contributed by atoms with Crippen LogP contribution in [0.25, 0.3) is 0 Å². The Bertz CT molecular complexity index is 355. The van der Waals surface area contributed by atoms with Gasteiger partial charge in [-0.05, 0) is 30.1 Å². The number of hydrogen-bond donors (Lipinski definition) is 0. The minimum absolute atomic E-state index is 0.0339. The molecule has 0 saturated heterocycles. The zero-order valence-corrected chi connectivity index (χ0v) is 13.2. The molecule has 2 heteroatoms. The molecule has 0 bridgehead atoms. The molecule has 2 nitrogen and oxygen atoms in total. The second kappa shape index (κ2) is 3.74. The van der Waals surface area contributed by atoms with Crippen LogP contribution in [-0.2, 0) is 4.84 Å². The molecule has 1 aliphatic carbocycles. The Kier molecular flexibility index (Phi) is 2.89. The van der Waals surface area contributed by atoms with Gasteiger partial charge in [0.05, 0.1) is 5.71 Å². The Morgan fingerprint density at radius 3 is 1.83 bits per heavy atom. The Hall–Kier alpha value is -0.530. The van der Waals surface area contributed by atoms with Gasteiger partial charge >= 0.3 is 0 Å². The van der Waals surface area contributed by atoms with Crippen molar-refractivity contribution in [2.75, 3.05) is 0 Å². The van der Waals surface area contributed by atoms with Crippen LogP contribution >= 0.6 is 0 Å². The lowest BCUT2D eigenvalue weighted by atomic mass is 9.58. The fraction of sp³-hybridized carbons (Fsp3) is 0.938. The lowest BCUT2D eigenvalue weighted by molar-refractivity contribution is -0.113. The van der Waals surface area contributed by atoms with Crippen LogP contribution in [0, 0.1) is 16.2 Å². The molecule has 0 N–H and O–H groups in total. The fourth-order valence-corrected chi connectivity index (χ4v) is 4.34. The van der Waals surface area contributed by atoms with Crippen molar-refractivity contribution in [1.29, 1.82) is 0 Å². The Morgan fingerprint density at radius 2 is 1.44 bits per heavy atom. The van der Waals surface area contributed by atoms with Gasteiger partial charge in [0.2, 0.25) is 0 Å². The third-order valence-corrected chi connectivity index (χ3v) is 4.26. The minimum atomic E-state index is -0.0339. The van der Waals surface area contributed by atoms with Crippen LogP contribution in [-0.4, -0.2) is 11.3 Å². The lowest BCUT2D eigenvalue weighted by Gasteiger charge is -2.49. The minimum Gasteiger partial charge on any atom is -0.389 e. The van der Waals surface area contributed by atoms with Crippen LogP contribution in [0.15, 0.2) is 5.16 Å². The van der Waals surface area contributed by atoms with Gasteiger partial charge in [-0.2, -0.15) is 0 Å². The molecule has 1 aliphatic heterocycles. The van der Waals surface area contributed by atoms with E-state index in [1.807, 2.05) is 0 Å². The molecule has 0 aromatic heterocycles. The van der Waals surface area contributed by atoms with Crippen LogP contribution in [0.1, 0.15) is 74.1 Å². The maximum Gasteiger partial charge on any atom is 0.144 e. The molecule has 0 aromatic rings. The largest absolute Gasteiger partial charge is 0.389 e. The summed E-state index contributed by atoms with van der Waals surface area (Å²) in [7, 11) is 0. The zero-order valence-electron chi connectivity index (χ0n) is 13.2. The summed E-state index contributed by atoms with van der Waals surface area (Å²) < 4.78 is 0. The summed E-state index contributed by atoms with van der Waals surface area (Å²) in [5.41, 5.74) is 2.04. The summed E-state index contributed by atoms with van der Waals surface area (Å²) in [6.07, 6.45) is 4.55. The molecule has 0 radical (unpaired) electrons. The van der Waals surface area contributed by atoms with E-state index in [4.69, 9.17) is 4.84 Å². The first-order valence-corrected chi connectivity index (χ1v) is 7.19. The smallest absolute Gasteiger partial charge is 0.144 e. The van der Waals surface area contributed by atoms with Crippen LogP contribution < -0.4 is 0 Å². The molecular formula is C16H29NO. The maximum absolute atomic E-state index is 5.98. The summed E-state index contributed by atoms with van der Waals surface area (Å²) in [6, 6.07) is 0. The SMILES string of the molecule is CC1(C)CC(C)(C)CC2(CC(C(C)(C)C)=NO2)C1. The highest BCUT2D eigenvalue weighted by Crippen LogP contribution is 2.54. The van der Waals surface area contributed by atoms with Gasteiger partial charge in [0, 0.05) is 11.8 Å². The van der Waals surface area contributed by atoms with Crippen LogP contribution in [0.2, 0.25) is 0 Å². The van der Waals surface area contributed by atoms with Crippen LogP contribution in [0.3, 0.4) is 0 Å². The highest BCUT2D eigenvalue weighted by atomic mass is 16.7. The van der Waals surface area contributed by atoms with Crippen molar-refractivity contribution in [3.05, 3.63) is 0 Å². The average molecular weight is 251 g/mol. The standard InChI is InChI=1S/C16H29NO/c1-13(2,3)12-8-16(18-17-12)10-14(4,5)9-15(6,7)11-16/h8-11H2,1-7H3. The third kappa shape index (κ3) is 2.73. The van der Waals surface area contributed by atoms with Crippen LogP contribution in [0.5, 0.6) is 0 Å². The van der Waals surface area contributed by atoms with Gasteiger partial charge in [0.15, 0.2) is 0 Å². The Labute approximate surface area is 112 Å². The highest BCUT2D eigenvalue weighted by molar-refractivity contribution is 5.90. The van der Waals surface area contributed by atoms with E-state index in [-0.39, 0.29) is 11.0 Å². The predicted molar refractivity (Wildman–Crippen MR) is 76.7 cm³/mol. The van der Waals surface area contributed by atoms with E-state index in [0.717, 1.165) is 19.3 Å². The van der Waals surface area contributed by atoms with Gasteiger partial charge in [-0.1, -0.05) is 53.6 Å². The molecule has 1 saturated carbocycles. The molecule has 2 aliphatic rings. The first kappa shape index (κ1) is 13.9. The molecule has 1 spiro atoms. The van der Waals surface area contributed by atoms with Crippen molar-refractivity contribution in [3.8, 4) is 0 Å². The van der Waals surface area contributed by atoms with Crippen molar-refractivity contribution in [2.24, 2.45) is 21.4 Å². The second-order valence-electron chi connectivity index (χ2n) is 9.10. The highest BCUT2D eigenvalue weighted by Gasteiger charge is 2.52. The van der Waals surface area contributed by atoms with E-state index in [9.17, 15) is 0 Å².